The number of carbonyl (C=O) groups is 1. The van der Waals surface area contributed by atoms with Crippen molar-refractivity contribution < 1.29 is 14.3 Å². The van der Waals surface area contributed by atoms with Crippen LogP contribution in [0.3, 0.4) is 0 Å². The van der Waals surface area contributed by atoms with Gasteiger partial charge in [0, 0.05) is 25.6 Å². The summed E-state index contributed by atoms with van der Waals surface area (Å²) in [5.74, 6) is 0.497. The Labute approximate surface area is 234 Å². The van der Waals surface area contributed by atoms with Crippen LogP contribution in [0.5, 0.6) is 0 Å². The van der Waals surface area contributed by atoms with Crippen molar-refractivity contribution in [2.24, 2.45) is 0 Å². The van der Waals surface area contributed by atoms with Crippen LogP contribution in [0.4, 0.5) is 0 Å². The maximum atomic E-state index is 13.7. The van der Waals surface area contributed by atoms with Crippen LogP contribution in [0.15, 0.2) is 58.1 Å². The number of carbonyl (C=O) groups excluding carboxylic acids is 1. The maximum absolute atomic E-state index is 13.7. The Morgan fingerprint density at radius 1 is 1.02 bits per heavy atom. The van der Waals surface area contributed by atoms with Crippen molar-refractivity contribution in [3.8, 4) is 22.5 Å². The van der Waals surface area contributed by atoms with Crippen molar-refractivity contribution in [2.75, 3.05) is 14.2 Å². The highest BCUT2D eigenvalue weighted by Crippen LogP contribution is 2.30. The smallest absolute Gasteiger partial charge is 0.335 e. The number of aromatic nitrogens is 8. The van der Waals surface area contributed by atoms with E-state index in [1.54, 1.807) is 6.92 Å². The number of hydrogen-bond donors (Lipinski definition) is 1. The number of ether oxygens (including phenoxy) is 2. The SMILES string of the molecule is CCCc1nc2c(c(=O)n(C(C)OC)c(=O)n2CC(=O)OC)n1Cc1ccc(-c2ccccc2-c2nn[nH]n2)cc1. The van der Waals surface area contributed by atoms with Gasteiger partial charge in [0.25, 0.3) is 5.56 Å². The zero-order valence-corrected chi connectivity index (χ0v) is 23.2. The molecule has 5 aromatic rings. The standard InChI is InChI=1S/C28H30N8O5/c1-5-8-22-29-26-24(27(38)36(17(2)40-3)28(39)35(26)16-23(37)41-4)34(22)15-18-11-13-19(14-12-18)20-9-6-7-10-21(20)25-30-32-33-31-25/h6-7,9-14,17H,5,8,15-16H2,1-4H3,(H,30,31,32,33). The van der Waals surface area contributed by atoms with Gasteiger partial charge in [0.2, 0.25) is 5.82 Å². The quantitative estimate of drug-likeness (QED) is 0.255. The zero-order valence-electron chi connectivity index (χ0n) is 23.2. The van der Waals surface area contributed by atoms with Gasteiger partial charge < -0.3 is 14.0 Å². The van der Waals surface area contributed by atoms with Gasteiger partial charge in [-0.1, -0.05) is 55.5 Å². The predicted molar refractivity (Wildman–Crippen MR) is 150 cm³/mol. The number of methoxy groups -OCH3 is 2. The van der Waals surface area contributed by atoms with Gasteiger partial charge in [-0.2, -0.15) is 5.21 Å². The summed E-state index contributed by atoms with van der Waals surface area (Å²) in [5.41, 5.74) is 2.78. The number of aromatic amines is 1. The van der Waals surface area contributed by atoms with E-state index in [2.05, 4.69) is 25.6 Å². The van der Waals surface area contributed by atoms with E-state index in [-0.39, 0.29) is 17.7 Å². The van der Waals surface area contributed by atoms with Gasteiger partial charge in [-0.3, -0.25) is 14.2 Å². The van der Waals surface area contributed by atoms with Gasteiger partial charge >= 0.3 is 11.7 Å². The number of esters is 1. The van der Waals surface area contributed by atoms with Crippen molar-refractivity contribution in [3.63, 3.8) is 0 Å². The number of imidazole rings is 1. The third-order valence-corrected chi connectivity index (χ3v) is 6.95. The largest absolute Gasteiger partial charge is 0.468 e. The molecule has 5 rings (SSSR count). The lowest BCUT2D eigenvalue weighted by Crippen LogP contribution is -2.43. The van der Waals surface area contributed by atoms with Gasteiger partial charge in [-0.05, 0) is 35.2 Å². The number of benzene rings is 2. The van der Waals surface area contributed by atoms with Crippen LogP contribution < -0.4 is 11.2 Å². The lowest BCUT2D eigenvalue weighted by molar-refractivity contribution is -0.141. The average Bonchev–Trinajstić information content (AvgIpc) is 3.65. The number of rotatable bonds is 10. The summed E-state index contributed by atoms with van der Waals surface area (Å²) in [7, 11) is 2.65. The van der Waals surface area contributed by atoms with E-state index in [0.717, 1.165) is 33.2 Å². The highest BCUT2D eigenvalue weighted by Gasteiger charge is 2.25. The lowest BCUT2D eigenvalue weighted by Gasteiger charge is -2.16. The summed E-state index contributed by atoms with van der Waals surface area (Å²) in [4.78, 5) is 44.0. The highest BCUT2D eigenvalue weighted by molar-refractivity contribution is 5.80. The summed E-state index contributed by atoms with van der Waals surface area (Å²) in [6.07, 6.45) is 0.468. The molecule has 0 amide bonds. The van der Waals surface area contributed by atoms with E-state index < -0.39 is 23.4 Å². The molecule has 0 bridgehead atoms. The van der Waals surface area contributed by atoms with Crippen LogP contribution in [-0.2, 0) is 33.8 Å². The average molecular weight is 559 g/mol. The van der Waals surface area contributed by atoms with Crippen molar-refractivity contribution in [1.29, 1.82) is 0 Å². The molecule has 0 aliphatic heterocycles. The van der Waals surface area contributed by atoms with E-state index in [4.69, 9.17) is 9.47 Å². The Hall–Kier alpha value is -4.91. The summed E-state index contributed by atoms with van der Waals surface area (Å²) < 4.78 is 14.1. The van der Waals surface area contributed by atoms with Crippen LogP contribution >= 0.6 is 0 Å². The second-order valence-electron chi connectivity index (χ2n) is 9.47. The molecule has 41 heavy (non-hydrogen) atoms. The first-order chi connectivity index (χ1) is 19.9. The minimum Gasteiger partial charge on any atom is -0.468 e. The zero-order chi connectivity index (χ0) is 29.1. The van der Waals surface area contributed by atoms with Crippen LogP contribution in [0.1, 0.15) is 37.9 Å². The fraction of sp³-hybridized carbons (Fsp3) is 0.321. The molecule has 3 heterocycles. The number of tetrazole rings is 1. The molecule has 0 saturated heterocycles. The Kier molecular flexibility index (Phi) is 7.88. The Morgan fingerprint density at radius 3 is 2.39 bits per heavy atom. The van der Waals surface area contributed by atoms with E-state index in [9.17, 15) is 14.4 Å². The van der Waals surface area contributed by atoms with E-state index in [1.165, 1.54) is 18.8 Å². The predicted octanol–water partition coefficient (Wildman–Crippen LogP) is 2.55. The maximum Gasteiger partial charge on any atom is 0.335 e. The second kappa shape index (κ2) is 11.7. The van der Waals surface area contributed by atoms with Crippen molar-refractivity contribution in [2.45, 2.75) is 46.0 Å². The first kappa shape index (κ1) is 27.6. The molecule has 1 unspecified atom stereocenters. The van der Waals surface area contributed by atoms with Gasteiger partial charge in [0.1, 0.15) is 18.6 Å². The number of nitrogens with zero attached hydrogens (tertiary/aromatic N) is 7. The molecule has 13 heteroatoms. The highest BCUT2D eigenvalue weighted by atomic mass is 16.5. The van der Waals surface area contributed by atoms with Gasteiger partial charge in [-0.25, -0.2) is 14.3 Å². The molecule has 3 aromatic heterocycles. The van der Waals surface area contributed by atoms with Crippen LogP contribution in [0.2, 0.25) is 0 Å². The molecule has 0 saturated carbocycles. The Bertz CT molecular complexity index is 1800. The monoisotopic (exact) mass is 558 g/mol. The normalized spacial score (nSPS) is 12.1. The minimum atomic E-state index is -0.861. The third kappa shape index (κ3) is 5.18. The molecule has 13 nitrogen and oxygen atoms in total. The molecule has 0 spiro atoms. The molecule has 212 valence electrons. The van der Waals surface area contributed by atoms with Crippen molar-refractivity contribution in [3.05, 3.63) is 80.8 Å². The molecule has 0 aliphatic carbocycles. The first-order valence-electron chi connectivity index (χ1n) is 13.1. The van der Waals surface area contributed by atoms with Gasteiger partial charge in [0.05, 0.1) is 7.11 Å². The topological polar surface area (TPSA) is 152 Å². The van der Waals surface area contributed by atoms with E-state index >= 15 is 0 Å². The molecule has 0 fully saturated rings. The van der Waals surface area contributed by atoms with Crippen molar-refractivity contribution in [1.82, 2.24) is 39.3 Å². The van der Waals surface area contributed by atoms with Crippen LogP contribution in [-0.4, -0.2) is 59.5 Å². The third-order valence-electron chi connectivity index (χ3n) is 6.95. The van der Waals surface area contributed by atoms with Gasteiger partial charge in [-0.15, -0.1) is 10.2 Å². The molecular formula is C28H30N8O5. The summed E-state index contributed by atoms with van der Waals surface area (Å²) in [6, 6.07) is 15.7. The van der Waals surface area contributed by atoms with E-state index in [0.29, 0.717) is 24.6 Å². The molecule has 2 aromatic carbocycles. The fourth-order valence-electron chi connectivity index (χ4n) is 4.83. The Balaban J connectivity index is 1.62. The number of aryl methyl sites for hydroxylation is 1. The molecule has 0 aliphatic rings. The van der Waals surface area contributed by atoms with Crippen molar-refractivity contribution >= 4 is 17.1 Å². The van der Waals surface area contributed by atoms with Crippen LogP contribution in [0.25, 0.3) is 33.7 Å². The summed E-state index contributed by atoms with van der Waals surface area (Å²) in [6.45, 7) is 3.54. The number of nitrogens with one attached hydrogen (secondary N) is 1. The summed E-state index contributed by atoms with van der Waals surface area (Å²) >= 11 is 0. The summed E-state index contributed by atoms with van der Waals surface area (Å²) in [5, 5.41) is 14.4. The van der Waals surface area contributed by atoms with E-state index in [1.807, 2.05) is 60.0 Å². The fourth-order valence-corrected chi connectivity index (χ4v) is 4.83. The number of H-pyrrole nitrogens is 1. The number of fused-ring (bicyclic) bond motifs is 1. The first-order valence-corrected chi connectivity index (χ1v) is 13.1. The minimum absolute atomic E-state index is 0.138. The Morgan fingerprint density at radius 2 is 1.76 bits per heavy atom. The molecule has 0 radical (unpaired) electrons. The second-order valence-corrected chi connectivity index (χ2v) is 9.47. The lowest BCUT2D eigenvalue weighted by atomic mass is 9.98. The number of hydrogen-bond acceptors (Lipinski definition) is 9. The molecular weight excluding hydrogens is 528 g/mol. The molecule has 1 atom stereocenters. The molecule has 1 N–H and O–H groups in total. The van der Waals surface area contributed by atoms with Crippen LogP contribution in [0, 0.1) is 0 Å². The van der Waals surface area contributed by atoms with Gasteiger partial charge in [0.15, 0.2) is 11.2 Å².